The Kier molecular flexibility index (Phi) is 4.19. The van der Waals surface area contributed by atoms with Crippen LogP contribution >= 0.6 is 0 Å². The van der Waals surface area contributed by atoms with Crippen molar-refractivity contribution < 1.29 is 14.7 Å². The van der Waals surface area contributed by atoms with Gasteiger partial charge in [0, 0.05) is 19.4 Å². The van der Waals surface area contributed by atoms with Crippen LogP contribution in [-0.2, 0) is 16.0 Å². The smallest absolute Gasteiger partial charge is 0.326 e. The van der Waals surface area contributed by atoms with Gasteiger partial charge in [-0.3, -0.25) is 4.79 Å². The van der Waals surface area contributed by atoms with Crippen molar-refractivity contribution in [2.75, 3.05) is 7.05 Å². The zero-order valence-electron chi connectivity index (χ0n) is 12.9. The average molecular weight is 301 g/mol. The molecule has 0 heterocycles. The molecule has 0 bridgehead atoms. The topological polar surface area (TPSA) is 57.6 Å². The van der Waals surface area contributed by atoms with Crippen LogP contribution < -0.4 is 0 Å². The van der Waals surface area contributed by atoms with E-state index in [1.165, 1.54) is 17.7 Å². The minimum atomic E-state index is -0.927. The lowest BCUT2D eigenvalue weighted by Gasteiger charge is -2.25. The lowest BCUT2D eigenvalue weighted by atomic mass is 10.0. The van der Waals surface area contributed by atoms with Gasteiger partial charge in [-0.05, 0) is 30.2 Å². The second-order valence-electron chi connectivity index (χ2n) is 6.63. The van der Waals surface area contributed by atoms with Crippen LogP contribution in [0, 0.1) is 17.8 Å². The fraction of sp³-hybridized carbons (Fsp3) is 0.556. The summed E-state index contributed by atoms with van der Waals surface area (Å²) in [5, 5.41) is 9.52. The highest BCUT2D eigenvalue weighted by Gasteiger charge is 2.56. The number of amides is 1. The molecule has 0 saturated heterocycles. The van der Waals surface area contributed by atoms with Crippen molar-refractivity contribution in [1.82, 2.24) is 4.90 Å². The highest BCUT2D eigenvalue weighted by Crippen LogP contribution is 2.56. The molecule has 1 N–H and O–H groups in total. The number of carboxylic acids is 1. The van der Waals surface area contributed by atoms with Crippen LogP contribution in [0.3, 0.4) is 0 Å². The number of nitrogens with zero attached hydrogens (tertiary/aromatic N) is 1. The third kappa shape index (κ3) is 2.87. The van der Waals surface area contributed by atoms with Crippen molar-refractivity contribution >= 4 is 11.9 Å². The van der Waals surface area contributed by atoms with Crippen LogP contribution in [0.1, 0.15) is 31.2 Å². The number of hydrogen-bond acceptors (Lipinski definition) is 2. The van der Waals surface area contributed by atoms with Crippen molar-refractivity contribution in [3.8, 4) is 0 Å². The SMILES string of the molecule is CN(C(=O)C1C2CCCCC21)C(Cc1ccccc1)C(=O)O. The Balaban J connectivity index is 1.68. The Morgan fingerprint density at radius 1 is 1.18 bits per heavy atom. The molecule has 0 spiro atoms. The van der Waals surface area contributed by atoms with Crippen LogP contribution in [0.2, 0.25) is 0 Å². The van der Waals surface area contributed by atoms with E-state index in [4.69, 9.17) is 0 Å². The van der Waals surface area contributed by atoms with Crippen molar-refractivity contribution in [2.45, 2.75) is 38.1 Å². The van der Waals surface area contributed by atoms with Gasteiger partial charge in [0.25, 0.3) is 0 Å². The number of benzene rings is 1. The van der Waals surface area contributed by atoms with E-state index in [0.29, 0.717) is 18.3 Å². The van der Waals surface area contributed by atoms with Crippen molar-refractivity contribution in [3.63, 3.8) is 0 Å². The van der Waals surface area contributed by atoms with E-state index in [2.05, 4.69) is 0 Å². The fourth-order valence-corrected chi connectivity index (χ4v) is 3.97. The lowest BCUT2D eigenvalue weighted by molar-refractivity contribution is -0.149. The van der Waals surface area contributed by atoms with Crippen LogP contribution in [0.4, 0.5) is 0 Å². The quantitative estimate of drug-likeness (QED) is 0.909. The number of carboxylic acid groups (broad SMARTS) is 1. The molecule has 1 aromatic rings. The molecule has 2 fully saturated rings. The summed E-state index contributed by atoms with van der Waals surface area (Å²) in [6.45, 7) is 0. The number of aliphatic carboxylic acids is 1. The molecule has 3 unspecified atom stereocenters. The molecule has 2 saturated carbocycles. The van der Waals surface area contributed by atoms with Gasteiger partial charge in [0.05, 0.1) is 0 Å². The molecule has 2 aliphatic rings. The van der Waals surface area contributed by atoms with Crippen LogP contribution in [-0.4, -0.2) is 35.0 Å². The molecule has 22 heavy (non-hydrogen) atoms. The van der Waals surface area contributed by atoms with Gasteiger partial charge in [-0.1, -0.05) is 43.2 Å². The van der Waals surface area contributed by atoms with Gasteiger partial charge in [0.15, 0.2) is 0 Å². The van der Waals surface area contributed by atoms with Crippen LogP contribution in [0.25, 0.3) is 0 Å². The Hall–Kier alpha value is -1.84. The number of carbonyl (C=O) groups is 2. The third-order valence-electron chi connectivity index (χ3n) is 5.31. The number of fused-ring (bicyclic) bond motifs is 1. The normalized spacial score (nSPS) is 27.6. The first-order chi connectivity index (χ1) is 10.6. The lowest BCUT2D eigenvalue weighted by Crippen LogP contribution is -2.44. The van der Waals surface area contributed by atoms with Gasteiger partial charge >= 0.3 is 5.97 Å². The third-order valence-corrected chi connectivity index (χ3v) is 5.31. The second-order valence-corrected chi connectivity index (χ2v) is 6.63. The standard InChI is InChI=1S/C18H23NO3/c1-19(17(20)16-13-9-5-6-10-14(13)16)15(18(21)22)11-12-7-3-2-4-8-12/h2-4,7-8,13-16H,5-6,9-11H2,1H3,(H,21,22). The Morgan fingerprint density at radius 2 is 1.77 bits per heavy atom. The highest BCUT2D eigenvalue weighted by molar-refractivity contribution is 5.87. The van der Waals surface area contributed by atoms with Gasteiger partial charge in [-0.25, -0.2) is 4.79 Å². The van der Waals surface area contributed by atoms with Crippen molar-refractivity contribution in [2.24, 2.45) is 17.8 Å². The Morgan fingerprint density at radius 3 is 2.32 bits per heavy atom. The summed E-state index contributed by atoms with van der Waals surface area (Å²) >= 11 is 0. The van der Waals surface area contributed by atoms with E-state index in [0.717, 1.165) is 18.4 Å². The van der Waals surface area contributed by atoms with Gasteiger partial charge in [0.1, 0.15) is 6.04 Å². The summed E-state index contributed by atoms with van der Waals surface area (Å²) in [4.78, 5) is 25.8. The molecule has 2 aliphatic carbocycles. The zero-order chi connectivity index (χ0) is 15.7. The predicted octanol–water partition coefficient (Wildman–Crippen LogP) is 2.58. The van der Waals surface area contributed by atoms with Gasteiger partial charge in [-0.2, -0.15) is 0 Å². The van der Waals surface area contributed by atoms with E-state index in [9.17, 15) is 14.7 Å². The predicted molar refractivity (Wildman–Crippen MR) is 83.3 cm³/mol. The molecule has 118 valence electrons. The molecule has 3 rings (SSSR count). The minimum absolute atomic E-state index is 0.0280. The van der Waals surface area contributed by atoms with Crippen molar-refractivity contribution in [3.05, 3.63) is 35.9 Å². The average Bonchev–Trinajstić information content (AvgIpc) is 3.26. The van der Waals surface area contributed by atoms with Crippen LogP contribution in [0.5, 0.6) is 0 Å². The summed E-state index contributed by atoms with van der Waals surface area (Å²) in [6, 6.07) is 8.73. The maximum Gasteiger partial charge on any atom is 0.326 e. The molecule has 1 aromatic carbocycles. The monoisotopic (exact) mass is 301 g/mol. The van der Waals surface area contributed by atoms with Crippen LogP contribution in [0.15, 0.2) is 30.3 Å². The van der Waals surface area contributed by atoms with Gasteiger partial charge in [-0.15, -0.1) is 0 Å². The number of rotatable bonds is 5. The fourth-order valence-electron chi connectivity index (χ4n) is 3.97. The van der Waals surface area contributed by atoms with Gasteiger partial charge < -0.3 is 10.0 Å². The summed E-state index contributed by atoms with van der Waals surface area (Å²) in [7, 11) is 1.65. The summed E-state index contributed by atoms with van der Waals surface area (Å²) in [5.41, 5.74) is 0.947. The zero-order valence-corrected chi connectivity index (χ0v) is 12.9. The molecule has 0 radical (unpaired) electrons. The molecular formula is C18H23NO3. The molecule has 4 heteroatoms. The Labute approximate surface area is 131 Å². The first kappa shape index (κ1) is 15.1. The number of likely N-dealkylation sites (N-methyl/N-ethyl adjacent to an activating group) is 1. The van der Waals surface area contributed by atoms with E-state index in [1.54, 1.807) is 7.05 Å². The first-order valence-electron chi connectivity index (χ1n) is 8.13. The Bertz CT molecular complexity index is 545. The minimum Gasteiger partial charge on any atom is -0.480 e. The van der Waals surface area contributed by atoms with Gasteiger partial charge in [0.2, 0.25) is 5.91 Å². The summed E-state index contributed by atoms with van der Waals surface area (Å²) < 4.78 is 0. The molecule has 0 aliphatic heterocycles. The second kappa shape index (κ2) is 6.11. The molecule has 0 aromatic heterocycles. The maximum absolute atomic E-state index is 12.7. The molecular weight excluding hydrogens is 278 g/mol. The largest absolute Gasteiger partial charge is 0.480 e. The molecule has 4 nitrogen and oxygen atoms in total. The highest BCUT2D eigenvalue weighted by atomic mass is 16.4. The van der Waals surface area contributed by atoms with E-state index in [1.807, 2.05) is 30.3 Å². The first-order valence-corrected chi connectivity index (χ1v) is 8.13. The van der Waals surface area contributed by atoms with E-state index >= 15 is 0 Å². The maximum atomic E-state index is 12.7. The summed E-state index contributed by atoms with van der Waals surface area (Å²) in [6.07, 6.45) is 5.04. The molecule has 1 amide bonds. The summed E-state index contributed by atoms with van der Waals surface area (Å²) in [5.74, 6) is 0.193. The number of hydrogen-bond donors (Lipinski definition) is 1. The van der Waals surface area contributed by atoms with E-state index in [-0.39, 0.29) is 11.8 Å². The molecule has 3 atom stereocenters. The number of carbonyl (C=O) groups excluding carboxylic acids is 1. The van der Waals surface area contributed by atoms with E-state index < -0.39 is 12.0 Å². The van der Waals surface area contributed by atoms with Crippen molar-refractivity contribution in [1.29, 1.82) is 0 Å².